The first-order chi connectivity index (χ1) is 10.9. The molecule has 1 N–H and O–H groups in total. The maximum atomic E-state index is 12.4. The summed E-state index contributed by atoms with van der Waals surface area (Å²) in [6.07, 6.45) is 3.27. The molecular formula is C16H26N4O2S. The Labute approximate surface area is 141 Å². The summed E-state index contributed by atoms with van der Waals surface area (Å²) in [5.41, 5.74) is -0.0408. The van der Waals surface area contributed by atoms with Crippen LogP contribution in [-0.2, 0) is 15.0 Å². The van der Waals surface area contributed by atoms with Crippen molar-refractivity contribution < 1.29 is 9.59 Å². The molecule has 1 aromatic heterocycles. The number of hydrogen-bond acceptors (Lipinski definition) is 5. The maximum Gasteiger partial charge on any atom is 0.231 e. The van der Waals surface area contributed by atoms with Crippen molar-refractivity contribution in [1.29, 1.82) is 0 Å². The van der Waals surface area contributed by atoms with Gasteiger partial charge in [0.15, 0.2) is 0 Å². The molecule has 7 heteroatoms. The second-order valence-corrected chi connectivity index (χ2v) is 7.71. The molecule has 128 valence electrons. The van der Waals surface area contributed by atoms with E-state index >= 15 is 0 Å². The Morgan fingerprint density at radius 2 is 2.13 bits per heavy atom. The molecule has 0 unspecified atom stereocenters. The summed E-state index contributed by atoms with van der Waals surface area (Å²) < 4.78 is 0. The normalized spacial score (nSPS) is 18.5. The highest BCUT2D eigenvalue weighted by atomic mass is 32.1. The van der Waals surface area contributed by atoms with Gasteiger partial charge in [0.25, 0.3) is 0 Å². The van der Waals surface area contributed by atoms with Crippen LogP contribution in [0.1, 0.15) is 58.4 Å². The van der Waals surface area contributed by atoms with Crippen molar-refractivity contribution in [2.24, 2.45) is 5.92 Å². The average molecular weight is 338 g/mol. The molecule has 1 aliphatic heterocycles. The molecule has 0 saturated carbocycles. The second kappa shape index (κ2) is 7.38. The molecule has 1 aromatic rings. The molecule has 1 atom stereocenters. The van der Waals surface area contributed by atoms with Crippen molar-refractivity contribution in [3.8, 4) is 0 Å². The van der Waals surface area contributed by atoms with E-state index in [1.54, 1.807) is 4.90 Å². The summed E-state index contributed by atoms with van der Waals surface area (Å²) in [4.78, 5) is 26.1. The van der Waals surface area contributed by atoms with Gasteiger partial charge < -0.3 is 10.2 Å². The van der Waals surface area contributed by atoms with E-state index in [4.69, 9.17) is 0 Å². The Morgan fingerprint density at radius 3 is 2.78 bits per heavy atom. The number of hydrogen-bond donors (Lipinski definition) is 1. The highest BCUT2D eigenvalue weighted by Crippen LogP contribution is 2.31. The van der Waals surface area contributed by atoms with E-state index in [1.807, 2.05) is 0 Å². The predicted octanol–water partition coefficient (Wildman–Crippen LogP) is 2.81. The van der Waals surface area contributed by atoms with E-state index in [2.05, 4.69) is 43.2 Å². The van der Waals surface area contributed by atoms with Crippen molar-refractivity contribution >= 4 is 28.3 Å². The van der Waals surface area contributed by atoms with Crippen LogP contribution in [0.15, 0.2) is 0 Å². The fraction of sp³-hybridized carbons (Fsp3) is 0.750. The quantitative estimate of drug-likeness (QED) is 0.829. The Bertz CT molecular complexity index is 570. The van der Waals surface area contributed by atoms with Gasteiger partial charge in [-0.3, -0.25) is 9.59 Å². The molecule has 0 aliphatic carbocycles. The minimum absolute atomic E-state index is 0.0408. The van der Waals surface area contributed by atoms with Crippen LogP contribution >= 0.6 is 11.3 Å². The van der Waals surface area contributed by atoms with Crippen LogP contribution in [-0.4, -0.2) is 40.0 Å². The van der Waals surface area contributed by atoms with Gasteiger partial charge in [-0.05, 0) is 12.8 Å². The zero-order valence-electron chi connectivity index (χ0n) is 14.4. The maximum absolute atomic E-state index is 12.4. The highest BCUT2D eigenvalue weighted by Gasteiger charge is 2.34. The van der Waals surface area contributed by atoms with Crippen molar-refractivity contribution in [3.05, 3.63) is 5.01 Å². The number of amides is 2. The van der Waals surface area contributed by atoms with Gasteiger partial charge in [0.1, 0.15) is 5.01 Å². The van der Waals surface area contributed by atoms with Crippen LogP contribution in [0.25, 0.3) is 0 Å². The number of aromatic nitrogens is 2. The van der Waals surface area contributed by atoms with Gasteiger partial charge in [-0.1, -0.05) is 45.5 Å². The number of likely N-dealkylation sites (tertiary alicyclic amines) is 1. The molecule has 0 spiro atoms. The van der Waals surface area contributed by atoms with E-state index in [0.717, 1.165) is 30.8 Å². The number of carbonyl (C=O) groups excluding carboxylic acids is 2. The fourth-order valence-corrected chi connectivity index (χ4v) is 3.34. The lowest BCUT2D eigenvalue weighted by Crippen LogP contribution is -2.29. The zero-order valence-corrected chi connectivity index (χ0v) is 15.2. The topological polar surface area (TPSA) is 75.2 Å². The van der Waals surface area contributed by atoms with Gasteiger partial charge in [0.2, 0.25) is 16.9 Å². The lowest BCUT2D eigenvalue weighted by Gasteiger charge is -2.17. The number of unbranched alkanes of at least 4 members (excludes halogenated alkanes) is 1. The van der Waals surface area contributed by atoms with E-state index < -0.39 is 0 Å². The third-order valence-corrected chi connectivity index (χ3v) is 5.69. The molecule has 0 radical (unpaired) electrons. The van der Waals surface area contributed by atoms with Crippen molar-refractivity contribution in [2.75, 3.05) is 18.4 Å². The summed E-state index contributed by atoms with van der Waals surface area (Å²) >= 11 is 1.41. The first kappa shape index (κ1) is 17.8. The smallest absolute Gasteiger partial charge is 0.231 e. The fourth-order valence-electron chi connectivity index (χ4n) is 2.42. The summed E-state index contributed by atoms with van der Waals surface area (Å²) in [5, 5.41) is 12.5. The minimum Gasteiger partial charge on any atom is -0.342 e. The number of carbonyl (C=O) groups is 2. The van der Waals surface area contributed by atoms with Crippen molar-refractivity contribution in [3.63, 3.8) is 0 Å². The Kier molecular flexibility index (Phi) is 5.73. The Morgan fingerprint density at radius 1 is 1.39 bits per heavy atom. The lowest BCUT2D eigenvalue weighted by molar-refractivity contribution is -0.128. The minimum atomic E-state index is -0.286. The molecule has 0 bridgehead atoms. The molecule has 0 aromatic carbocycles. The SMILES string of the molecule is CCCCN1C[C@@H](C(=O)Nc2nnc(C(C)(C)CC)s2)CC1=O. The monoisotopic (exact) mass is 338 g/mol. The predicted molar refractivity (Wildman–Crippen MR) is 91.5 cm³/mol. The summed E-state index contributed by atoms with van der Waals surface area (Å²) in [6.45, 7) is 9.68. The van der Waals surface area contributed by atoms with E-state index in [-0.39, 0.29) is 23.1 Å². The third kappa shape index (κ3) is 4.28. The second-order valence-electron chi connectivity index (χ2n) is 6.73. The molecule has 1 aliphatic rings. The van der Waals surface area contributed by atoms with Crippen molar-refractivity contribution in [2.45, 2.75) is 58.8 Å². The van der Waals surface area contributed by atoms with Crippen LogP contribution in [0.2, 0.25) is 0 Å². The van der Waals surface area contributed by atoms with Crippen LogP contribution < -0.4 is 5.32 Å². The Balaban J connectivity index is 1.94. The van der Waals surface area contributed by atoms with Crippen LogP contribution in [0.3, 0.4) is 0 Å². The van der Waals surface area contributed by atoms with Crippen LogP contribution in [0, 0.1) is 5.92 Å². The van der Waals surface area contributed by atoms with E-state index in [0.29, 0.717) is 18.1 Å². The third-order valence-electron chi connectivity index (χ3n) is 4.48. The van der Waals surface area contributed by atoms with Gasteiger partial charge in [-0.25, -0.2) is 0 Å². The zero-order chi connectivity index (χ0) is 17.0. The van der Waals surface area contributed by atoms with Gasteiger partial charge in [0.05, 0.1) is 5.92 Å². The van der Waals surface area contributed by atoms with Gasteiger partial charge in [0, 0.05) is 24.9 Å². The largest absolute Gasteiger partial charge is 0.342 e. The Hall–Kier alpha value is -1.50. The average Bonchev–Trinajstić information content (AvgIpc) is 3.12. The number of nitrogens with one attached hydrogen (secondary N) is 1. The van der Waals surface area contributed by atoms with Crippen LogP contribution in [0.4, 0.5) is 5.13 Å². The number of rotatable bonds is 7. The highest BCUT2D eigenvalue weighted by molar-refractivity contribution is 7.15. The van der Waals surface area contributed by atoms with Gasteiger partial charge in [-0.2, -0.15) is 0 Å². The van der Waals surface area contributed by atoms with E-state index in [1.165, 1.54) is 11.3 Å². The molecule has 1 saturated heterocycles. The number of nitrogens with zero attached hydrogens (tertiary/aromatic N) is 3. The molecule has 2 amide bonds. The van der Waals surface area contributed by atoms with E-state index in [9.17, 15) is 9.59 Å². The number of anilines is 1. The molecule has 6 nitrogen and oxygen atoms in total. The lowest BCUT2D eigenvalue weighted by atomic mass is 9.91. The van der Waals surface area contributed by atoms with Crippen molar-refractivity contribution in [1.82, 2.24) is 15.1 Å². The molecule has 2 heterocycles. The summed E-state index contributed by atoms with van der Waals surface area (Å²) in [5.74, 6) is -0.344. The molecule has 2 rings (SSSR count). The summed E-state index contributed by atoms with van der Waals surface area (Å²) in [7, 11) is 0. The first-order valence-electron chi connectivity index (χ1n) is 8.30. The van der Waals surface area contributed by atoms with Gasteiger partial charge >= 0.3 is 0 Å². The molecule has 23 heavy (non-hydrogen) atoms. The summed E-state index contributed by atoms with van der Waals surface area (Å²) in [6, 6.07) is 0. The van der Waals surface area contributed by atoms with Gasteiger partial charge in [-0.15, -0.1) is 10.2 Å². The standard InChI is InChI=1S/C16H26N4O2S/c1-5-7-8-20-10-11(9-12(20)21)13(22)17-15-19-18-14(23-15)16(3,4)6-2/h11H,5-10H2,1-4H3,(H,17,19,22)/t11-/m0/s1. The first-order valence-corrected chi connectivity index (χ1v) is 9.11. The molecular weight excluding hydrogens is 312 g/mol. The van der Waals surface area contributed by atoms with Crippen LogP contribution in [0.5, 0.6) is 0 Å². The molecule has 1 fully saturated rings.